The quantitative estimate of drug-likeness (QED) is 0.628. The SMILES string of the molecule is O=S(=O)(O)CCCNCc1ccc2ccccc2c1. The van der Waals surface area contributed by atoms with Gasteiger partial charge in [0.05, 0.1) is 5.75 Å². The molecule has 0 unspecified atom stereocenters. The van der Waals surface area contributed by atoms with Crippen LogP contribution in [0.15, 0.2) is 42.5 Å². The zero-order valence-corrected chi connectivity index (χ0v) is 11.4. The van der Waals surface area contributed by atoms with E-state index in [1.54, 1.807) is 0 Å². The van der Waals surface area contributed by atoms with Gasteiger partial charge in [-0.15, -0.1) is 0 Å². The van der Waals surface area contributed by atoms with Gasteiger partial charge in [-0.1, -0.05) is 36.4 Å². The maximum atomic E-state index is 10.5. The Morgan fingerprint density at radius 2 is 1.79 bits per heavy atom. The van der Waals surface area contributed by atoms with Gasteiger partial charge in [-0.05, 0) is 35.4 Å². The van der Waals surface area contributed by atoms with Crippen LogP contribution in [-0.2, 0) is 16.7 Å². The highest BCUT2D eigenvalue weighted by Crippen LogP contribution is 2.15. The molecule has 0 bridgehead atoms. The molecule has 0 fully saturated rings. The predicted octanol–water partition coefficient (Wildman–Crippen LogP) is 2.21. The van der Waals surface area contributed by atoms with E-state index in [-0.39, 0.29) is 5.75 Å². The van der Waals surface area contributed by atoms with Gasteiger partial charge in [0.2, 0.25) is 0 Å². The van der Waals surface area contributed by atoms with E-state index in [0.717, 1.165) is 5.56 Å². The molecular formula is C14H17NO3S. The van der Waals surface area contributed by atoms with E-state index in [2.05, 4.69) is 35.6 Å². The summed E-state index contributed by atoms with van der Waals surface area (Å²) < 4.78 is 29.7. The molecule has 19 heavy (non-hydrogen) atoms. The molecule has 0 aliphatic rings. The largest absolute Gasteiger partial charge is 0.313 e. The van der Waals surface area contributed by atoms with Gasteiger partial charge in [0, 0.05) is 6.54 Å². The summed E-state index contributed by atoms with van der Waals surface area (Å²) in [5.74, 6) is -0.197. The summed E-state index contributed by atoms with van der Waals surface area (Å²) in [4.78, 5) is 0. The van der Waals surface area contributed by atoms with Crippen molar-refractivity contribution in [3.8, 4) is 0 Å². The molecule has 0 amide bonds. The molecule has 2 aromatic carbocycles. The Balaban J connectivity index is 1.85. The van der Waals surface area contributed by atoms with Crippen molar-refractivity contribution in [3.63, 3.8) is 0 Å². The van der Waals surface area contributed by atoms with Crippen molar-refractivity contribution in [2.75, 3.05) is 12.3 Å². The van der Waals surface area contributed by atoms with Crippen LogP contribution < -0.4 is 5.32 Å². The van der Waals surface area contributed by atoms with Gasteiger partial charge in [-0.3, -0.25) is 4.55 Å². The van der Waals surface area contributed by atoms with Gasteiger partial charge in [-0.2, -0.15) is 8.42 Å². The van der Waals surface area contributed by atoms with Crippen molar-refractivity contribution in [3.05, 3.63) is 48.0 Å². The van der Waals surface area contributed by atoms with Gasteiger partial charge >= 0.3 is 0 Å². The van der Waals surface area contributed by atoms with Gasteiger partial charge in [0.15, 0.2) is 0 Å². The molecule has 2 aromatic rings. The van der Waals surface area contributed by atoms with Crippen molar-refractivity contribution in [1.29, 1.82) is 0 Å². The highest BCUT2D eigenvalue weighted by Gasteiger charge is 2.03. The summed E-state index contributed by atoms with van der Waals surface area (Å²) in [6, 6.07) is 14.4. The Bertz CT molecular complexity index is 653. The van der Waals surface area contributed by atoms with Crippen molar-refractivity contribution < 1.29 is 13.0 Å². The minimum absolute atomic E-state index is 0.197. The highest BCUT2D eigenvalue weighted by atomic mass is 32.2. The summed E-state index contributed by atoms with van der Waals surface area (Å²) in [7, 11) is -3.84. The van der Waals surface area contributed by atoms with Crippen LogP contribution in [0.2, 0.25) is 0 Å². The fraction of sp³-hybridized carbons (Fsp3) is 0.286. The van der Waals surface area contributed by atoms with E-state index in [1.807, 2.05) is 12.1 Å². The number of rotatable bonds is 6. The van der Waals surface area contributed by atoms with Gasteiger partial charge in [-0.25, -0.2) is 0 Å². The summed E-state index contributed by atoms with van der Waals surface area (Å²) in [5, 5.41) is 5.56. The molecular weight excluding hydrogens is 262 g/mol. The molecule has 2 rings (SSSR count). The van der Waals surface area contributed by atoms with Crippen LogP contribution in [0.1, 0.15) is 12.0 Å². The second-order valence-corrected chi connectivity index (χ2v) is 6.07. The van der Waals surface area contributed by atoms with Crippen LogP contribution in [0.3, 0.4) is 0 Å². The number of hydrogen-bond acceptors (Lipinski definition) is 3. The van der Waals surface area contributed by atoms with Crippen LogP contribution in [-0.4, -0.2) is 25.3 Å². The lowest BCUT2D eigenvalue weighted by atomic mass is 10.1. The van der Waals surface area contributed by atoms with Crippen molar-refractivity contribution in [2.45, 2.75) is 13.0 Å². The molecule has 0 aliphatic heterocycles. The molecule has 0 atom stereocenters. The number of fused-ring (bicyclic) bond motifs is 1. The summed E-state index contributed by atoms with van der Waals surface area (Å²) >= 11 is 0. The normalized spacial score (nSPS) is 11.8. The standard InChI is InChI=1S/C14H17NO3S/c16-19(17,18)9-3-8-15-11-12-6-7-13-4-1-2-5-14(13)10-12/h1-2,4-7,10,15H,3,8-9,11H2,(H,16,17,18). The minimum Gasteiger partial charge on any atom is -0.313 e. The Morgan fingerprint density at radius 3 is 2.53 bits per heavy atom. The molecule has 0 heterocycles. The smallest absolute Gasteiger partial charge is 0.264 e. The van der Waals surface area contributed by atoms with Crippen LogP contribution >= 0.6 is 0 Å². The van der Waals surface area contributed by atoms with Crippen LogP contribution in [0, 0.1) is 0 Å². The van der Waals surface area contributed by atoms with E-state index in [0.29, 0.717) is 19.5 Å². The van der Waals surface area contributed by atoms with E-state index < -0.39 is 10.1 Å². The third-order valence-corrected chi connectivity index (χ3v) is 3.70. The van der Waals surface area contributed by atoms with Gasteiger partial charge in [0.1, 0.15) is 0 Å². The first-order valence-corrected chi connectivity index (χ1v) is 7.79. The third-order valence-electron chi connectivity index (χ3n) is 2.90. The van der Waals surface area contributed by atoms with Gasteiger partial charge < -0.3 is 5.32 Å². The Hall–Kier alpha value is -1.43. The first-order valence-electron chi connectivity index (χ1n) is 6.18. The maximum Gasteiger partial charge on any atom is 0.264 e. The fourth-order valence-electron chi connectivity index (χ4n) is 1.96. The van der Waals surface area contributed by atoms with E-state index in [4.69, 9.17) is 4.55 Å². The third kappa shape index (κ3) is 4.63. The lowest BCUT2D eigenvalue weighted by molar-refractivity contribution is 0.479. The molecule has 0 saturated heterocycles. The molecule has 0 radical (unpaired) electrons. The van der Waals surface area contributed by atoms with E-state index in [9.17, 15) is 8.42 Å². The average molecular weight is 279 g/mol. The molecule has 0 saturated carbocycles. The monoisotopic (exact) mass is 279 g/mol. The zero-order valence-electron chi connectivity index (χ0n) is 10.5. The summed E-state index contributed by atoms with van der Waals surface area (Å²) in [6.07, 6.45) is 0.409. The van der Waals surface area contributed by atoms with Crippen LogP contribution in [0.25, 0.3) is 10.8 Å². The molecule has 2 N–H and O–H groups in total. The van der Waals surface area contributed by atoms with Crippen molar-refractivity contribution >= 4 is 20.9 Å². The summed E-state index contributed by atoms with van der Waals surface area (Å²) in [6.45, 7) is 1.25. The second-order valence-electron chi connectivity index (χ2n) is 4.50. The molecule has 0 spiro atoms. The van der Waals surface area contributed by atoms with Crippen molar-refractivity contribution in [2.24, 2.45) is 0 Å². The molecule has 0 aromatic heterocycles. The Labute approximate surface area is 113 Å². The first kappa shape index (κ1) is 14.0. The van der Waals surface area contributed by atoms with Crippen molar-refractivity contribution in [1.82, 2.24) is 5.32 Å². The average Bonchev–Trinajstić information content (AvgIpc) is 2.37. The first-order chi connectivity index (χ1) is 9.04. The topological polar surface area (TPSA) is 66.4 Å². The second kappa shape index (κ2) is 6.14. The molecule has 4 nitrogen and oxygen atoms in total. The fourth-order valence-corrected chi connectivity index (χ4v) is 2.47. The van der Waals surface area contributed by atoms with E-state index in [1.165, 1.54) is 10.8 Å². The number of hydrogen-bond donors (Lipinski definition) is 2. The van der Waals surface area contributed by atoms with Crippen LogP contribution in [0.4, 0.5) is 0 Å². The zero-order chi connectivity index (χ0) is 13.7. The summed E-state index contributed by atoms with van der Waals surface area (Å²) in [5.41, 5.74) is 1.16. The maximum absolute atomic E-state index is 10.5. The highest BCUT2D eigenvalue weighted by molar-refractivity contribution is 7.85. The predicted molar refractivity (Wildman–Crippen MR) is 76.7 cm³/mol. The molecule has 102 valence electrons. The minimum atomic E-state index is -3.84. The lowest BCUT2D eigenvalue weighted by Gasteiger charge is -2.06. The number of nitrogens with one attached hydrogen (secondary N) is 1. The molecule has 5 heteroatoms. The van der Waals surface area contributed by atoms with Crippen LogP contribution in [0.5, 0.6) is 0 Å². The van der Waals surface area contributed by atoms with E-state index >= 15 is 0 Å². The Morgan fingerprint density at radius 1 is 1.05 bits per heavy atom. The lowest BCUT2D eigenvalue weighted by Crippen LogP contribution is -2.17. The number of benzene rings is 2. The molecule has 0 aliphatic carbocycles. The van der Waals surface area contributed by atoms with Gasteiger partial charge in [0.25, 0.3) is 10.1 Å². The Kier molecular flexibility index (Phi) is 4.52.